The molecule has 4 nitrogen and oxygen atoms in total. The summed E-state index contributed by atoms with van der Waals surface area (Å²) in [5, 5.41) is 6.41. The first-order chi connectivity index (χ1) is 10.2. The maximum Gasteiger partial charge on any atom is 0.191 e. The summed E-state index contributed by atoms with van der Waals surface area (Å²) in [7, 11) is 0. The molecule has 5 heteroatoms. The lowest BCUT2D eigenvalue weighted by Gasteiger charge is -2.12. The first-order valence-corrected chi connectivity index (χ1v) is 7.56. The minimum absolute atomic E-state index is 0. The Morgan fingerprint density at radius 1 is 1.32 bits per heavy atom. The van der Waals surface area contributed by atoms with Gasteiger partial charge in [-0.3, -0.25) is 0 Å². The van der Waals surface area contributed by atoms with E-state index in [0.717, 1.165) is 36.8 Å². The molecule has 0 spiro atoms. The molecule has 1 aromatic carbocycles. The molecule has 0 bridgehead atoms. The van der Waals surface area contributed by atoms with Crippen molar-refractivity contribution in [3.63, 3.8) is 0 Å². The zero-order valence-electron chi connectivity index (χ0n) is 13.8. The van der Waals surface area contributed by atoms with Gasteiger partial charge in [0.05, 0.1) is 13.2 Å². The van der Waals surface area contributed by atoms with E-state index in [1.807, 2.05) is 13.0 Å². The van der Waals surface area contributed by atoms with Crippen LogP contribution in [0.3, 0.4) is 0 Å². The quantitative estimate of drug-likeness (QED) is 0.294. The second-order valence-corrected chi connectivity index (χ2v) is 4.82. The molecule has 2 N–H and O–H groups in total. The Labute approximate surface area is 151 Å². The Balaban J connectivity index is 0.00000441. The molecule has 0 aliphatic heterocycles. The van der Waals surface area contributed by atoms with Crippen molar-refractivity contribution >= 4 is 29.9 Å². The number of nitrogens with zero attached hydrogens (tertiary/aromatic N) is 1. The summed E-state index contributed by atoms with van der Waals surface area (Å²) >= 11 is 0. The Kier molecular flexibility index (Phi) is 11.6. The zero-order valence-corrected chi connectivity index (χ0v) is 16.1. The van der Waals surface area contributed by atoms with Crippen molar-refractivity contribution in [2.24, 2.45) is 4.99 Å². The van der Waals surface area contributed by atoms with E-state index in [-0.39, 0.29) is 24.0 Å². The van der Waals surface area contributed by atoms with Gasteiger partial charge < -0.3 is 15.4 Å². The summed E-state index contributed by atoms with van der Waals surface area (Å²) in [5.74, 6) is 1.72. The van der Waals surface area contributed by atoms with Gasteiger partial charge in [0.25, 0.3) is 0 Å². The second-order valence-electron chi connectivity index (χ2n) is 4.82. The molecule has 124 valence electrons. The highest BCUT2D eigenvalue weighted by molar-refractivity contribution is 14.0. The maximum absolute atomic E-state index is 5.81. The molecule has 0 saturated heterocycles. The number of ether oxygens (including phenoxy) is 1. The van der Waals surface area contributed by atoms with Gasteiger partial charge in [-0.2, -0.15) is 0 Å². The van der Waals surface area contributed by atoms with Crippen molar-refractivity contribution in [3.05, 3.63) is 42.0 Å². The molecule has 1 aromatic rings. The predicted octanol–water partition coefficient (Wildman–Crippen LogP) is 3.64. The topological polar surface area (TPSA) is 45.7 Å². The van der Waals surface area contributed by atoms with Crippen LogP contribution in [0.15, 0.2) is 35.8 Å². The average molecular weight is 417 g/mol. The van der Waals surface area contributed by atoms with Gasteiger partial charge in [0.1, 0.15) is 5.75 Å². The van der Waals surface area contributed by atoms with Crippen molar-refractivity contribution in [1.82, 2.24) is 10.6 Å². The van der Waals surface area contributed by atoms with E-state index in [9.17, 15) is 0 Å². The van der Waals surface area contributed by atoms with Crippen molar-refractivity contribution in [3.8, 4) is 5.75 Å². The largest absolute Gasteiger partial charge is 0.493 e. The molecular weight excluding hydrogens is 389 g/mol. The van der Waals surface area contributed by atoms with Crippen LogP contribution in [-0.4, -0.2) is 25.7 Å². The normalized spacial score (nSPS) is 10.6. The van der Waals surface area contributed by atoms with Gasteiger partial charge in [-0.1, -0.05) is 25.1 Å². The van der Waals surface area contributed by atoms with Crippen LogP contribution in [0.4, 0.5) is 0 Å². The minimum Gasteiger partial charge on any atom is -0.493 e. The summed E-state index contributed by atoms with van der Waals surface area (Å²) < 4.78 is 5.81. The Morgan fingerprint density at radius 3 is 2.73 bits per heavy atom. The molecule has 0 saturated carbocycles. The van der Waals surface area contributed by atoms with Crippen LogP contribution in [0.1, 0.15) is 31.4 Å². The minimum atomic E-state index is 0. The standard InChI is InChI=1S/C17H27N3O.HI/c1-5-10-19-17(18-7-3)20-13-15-9-8-14(4)12-16(15)21-11-6-2;/h5,8-9,12H,1,6-7,10-11,13H2,2-4H3,(H2,18,19,20);1H. The monoisotopic (exact) mass is 417 g/mol. The number of hydrogen-bond donors (Lipinski definition) is 2. The summed E-state index contributed by atoms with van der Waals surface area (Å²) in [6.07, 6.45) is 2.81. The van der Waals surface area contributed by atoms with E-state index in [1.54, 1.807) is 0 Å². The fourth-order valence-electron chi connectivity index (χ4n) is 1.81. The van der Waals surface area contributed by atoms with E-state index >= 15 is 0 Å². The molecule has 0 aliphatic rings. The first kappa shape index (κ1) is 20.8. The first-order valence-electron chi connectivity index (χ1n) is 7.56. The maximum atomic E-state index is 5.81. The van der Waals surface area contributed by atoms with Gasteiger partial charge in [-0.05, 0) is 31.9 Å². The number of hydrogen-bond acceptors (Lipinski definition) is 2. The molecular formula is C17H28IN3O. The molecule has 0 fully saturated rings. The third-order valence-electron chi connectivity index (χ3n) is 2.85. The summed E-state index contributed by atoms with van der Waals surface area (Å²) in [6.45, 7) is 12.8. The average Bonchev–Trinajstić information content (AvgIpc) is 2.49. The number of aryl methyl sites for hydroxylation is 1. The van der Waals surface area contributed by atoms with Crippen LogP contribution < -0.4 is 15.4 Å². The van der Waals surface area contributed by atoms with Crippen LogP contribution in [0.25, 0.3) is 0 Å². The lowest BCUT2D eigenvalue weighted by atomic mass is 10.1. The summed E-state index contributed by atoms with van der Waals surface area (Å²) in [5.41, 5.74) is 2.30. The highest BCUT2D eigenvalue weighted by Gasteiger charge is 2.04. The van der Waals surface area contributed by atoms with Crippen LogP contribution >= 0.6 is 24.0 Å². The summed E-state index contributed by atoms with van der Waals surface area (Å²) in [6, 6.07) is 6.25. The Bertz CT molecular complexity index is 475. The van der Waals surface area contributed by atoms with Crippen molar-refractivity contribution in [2.45, 2.75) is 33.7 Å². The summed E-state index contributed by atoms with van der Waals surface area (Å²) in [4.78, 5) is 4.59. The van der Waals surface area contributed by atoms with Crippen LogP contribution in [0.5, 0.6) is 5.75 Å². The Hall–Kier alpha value is -1.24. The predicted molar refractivity (Wildman–Crippen MR) is 105 cm³/mol. The molecule has 0 heterocycles. The number of nitrogens with one attached hydrogen (secondary N) is 2. The third-order valence-corrected chi connectivity index (χ3v) is 2.85. The van der Waals surface area contributed by atoms with E-state index in [0.29, 0.717) is 13.1 Å². The molecule has 0 aliphatic carbocycles. The lowest BCUT2D eigenvalue weighted by molar-refractivity contribution is 0.314. The van der Waals surface area contributed by atoms with Crippen LogP contribution in [0.2, 0.25) is 0 Å². The van der Waals surface area contributed by atoms with E-state index < -0.39 is 0 Å². The highest BCUT2D eigenvalue weighted by atomic mass is 127. The van der Waals surface area contributed by atoms with Gasteiger partial charge in [-0.15, -0.1) is 30.6 Å². The number of benzene rings is 1. The van der Waals surface area contributed by atoms with Crippen LogP contribution in [0, 0.1) is 6.92 Å². The van der Waals surface area contributed by atoms with Gasteiger partial charge in [0, 0.05) is 18.7 Å². The molecule has 0 unspecified atom stereocenters. The zero-order chi connectivity index (χ0) is 15.5. The molecule has 22 heavy (non-hydrogen) atoms. The molecule has 0 amide bonds. The van der Waals surface area contributed by atoms with Gasteiger partial charge in [0.15, 0.2) is 5.96 Å². The fraction of sp³-hybridized carbons (Fsp3) is 0.471. The van der Waals surface area contributed by atoms with Gasteiger partial charge in [0.2, 0.25) is 0 Å². The molecule has 0 atom stereocenters. The van der Waals surface area contributed by atoms with Crippen molar-refractivity contribution in [2.75, 3.05) is 19.7 Å². The van der Waals surface area contributed by atoms with Gasteiger partial charge in [-0.25, -0.2) is 4.99 Å². The number of guanidine groups is 1. The van der Waals surface area contributed by atoms with Crippen molar-refractivity contribution < 1.29 is 4.74 Å². The number of halogens is 1. The molecule has 0 radical (unpaired) electrons. The van der Waals surface area contributed by atoms with Crippen LogP contribution in [-0.2, 0) is 6.54 Å². The molecule has 0 aromatic heterocycles. The Morgan fingerprint density at radius 2 is 2.09 bits per heavy atom. The SMILES string of the molecule is C=CCNC(=NCc1ccc(C)cc1OCCC)NCC.I. The fourth-order valence-corrected chi connectivity index (χ4v) is 1.81. The van der Waals surface area contributed by atoms with Gasteiger partial charge >= 0.3 is 0 Å². The third kappa shape index (κ3) is 7.68. The number of aliphatic imine (C=N–C) groups is 1. The van der Waals surface area contributed by atoms with Crippen molar-refractivity contribution in [1.29, 1.82) is 0 Å². The molecule has 1 rings (SSSR count). The van der Waals surface area contributed by atoms with E-state index in [4.69, 9.17) is 4.74 Å². The lowest BCUT2D eigenvalue weighted by Crippen LogP contribution is -2.37. The number of rotatable bonds is 8. The van der Waals surface area contributed by atoms with E-state index in [1.165, 1.54) is 5.56 Å². The smallest absolute Gasteiger partial charge is 0.191 e. The highest BCUT2D eigenvalue weighted by Crippen LogP contribution is 2.21. The second kappa shape index (κ2) is 12.3. The van der Waals surface area contributed by atoms with E-state index in [2.05, 4.69) is 54.3 Å².